The summed E-state index contributed by atoms with van der Waals surface area (Å²) in [5.41, 5.74) is 1.95. The van der Waals surface area contributed by atoms with E-state index in [0.29, 0.717) is 5.88 Å². The predicted molar refractivity (Wildman–Crippen MR) is 70.4 cm³/mol. The summed E-state index contributed by atoms with van der Waals surface area (Å²) in [7, 11) is 0. The number of nitrogens with zero attached hydrogens (tertiary/aromatic N) is 2. The summed E-state index contributed by atoms with van der Waals surface area (Å²) in [6, 6.07) is 9.45. The Bertz CT molecular complexity index is 529. The van der Waals surface area contributed by atoms with Crippen LogP contribution in [0.4, 0.5) is 0 Å². The number of hydrogen-bond donors (Lipinski definition) is 0. The summed E-state index contributed by atoms with van der Waals surface area (Å²) in [6.07, 6.45) is 0.838. The first-order valence-electron chi connectivity index (χ1n) is 5.46. The number of pyridine rings is 2. The molecule has 0 N–H and O–H groups in total. The molecular formula is C13H13BrN2O. The second-order valence-corrected chi connectivity index (χ2v) is 4.46. The first kappa shape index (κ1) is 12.0. The summed E-state index contributed by atoms with van der Waals surface area (Å²) in [4.78, 5) is 8.68. The Morgan fingerprint density at radius 3 is 2.71 bits per heavy atom. The molecule has 0 aliphatic carbocycles. The van der Waals surface area contributed by atoms with E-state index in [1.807, 2.05) is 37.3 Å². The van der Waals surface area contributed by atoms with E-state index in [0.717, 1.165) is 28.2 Å². The quantitative estimate of drug-likeness (QED) is 0.805. The van der Waals surface area contributed by atoms with Gasteiger partial charge in [-0.05, 0) is 47.5 Å². The van der Waals surface area contributed by atoms with Gasteiger partial charge in [0.15, 0.2) is 5.75 Å². The van der Waals surface area contributed by atoms with Crippen molar-refractivity contribution in [2.24, 2.45) is 0 Å². The van der Waals surface area contributed by atoms with Crippen LogP contribution in [0.25, 0.3) is 0 Å². The second kappa shape index (κ2) is 5.27. The van der Waals surface area contributed by atoms with Crippen LogP contribution in [0.15, 0.2) is 34.9 Å². The van der Waals surface area contributed by atoms with Crippen LogP contribution >= 0.6 is 15.9 Å². The summed E-state index contributed by atoms with van der Waals surface area (Å²) in [5.74, 6) is 1.34. The molecule has 88 valence electrons. The number of halogens is 1. The first-order chi connectivity index (χ1) is 8.19. The van der Waals surface area contributed by atoms with Crippen LogP contribution in [0.5, 0.6) is 11.6 Å². The molecule has 2 rings (SSSR count). The van der Waals surface area contributed by atoms with Gasteiger partial charge >= 0.3 is 0 Å². The minimum absolute atomic E-state index is 0.569. The van der Waals surface area contributed by atoms with Crippen LogP contribution in [0.3, 0.4) is 0 Å². The van der Waals surface area contributed by atoms with E-state index in [2.05, 4.69) is 32.8 Å². The smallest absolute Gasteiger partial charge is 0.220 e. The molecule has 0 aromatic carbocycles. The van der Waals surface area contributed by atoms with Gasteiger partial charge in [0, 0.05) is 11.8 Å². The third-order valence-electron chi connectivity index (χ3n) is 2.31. The Balaban J connectivity index is 2.29. The van der Waals surface area contributed by atoms with Gasteiger partial charge in [0.2, 0.25) is 5.88 Å². The molecule has 3 nitrogen and oxygen atoms in total. The van der Waals surface area contributed by atoms with Crippen molar-refractivity contribution in [1.82, 2.24) is 9.97 Å². The number of hydrogen-bond acceptors (Lipinski definition) is 3. The molecule has 0 amide bonds. The fraction of sp³-hybridized carbons (Fsp3) is 0.231. The van der Waals surface area contributed by atoms with E-state index in [9.17, 15) is 0 Å². The Kier molecular flexibility index (Phi) is 3.74. The molecule has 0 aliphatic heterocycles. The highest BCUT2D eigenvalue weighted by atomic mass is 79.9. The molecular weight excluding hydrogens is 280 g/mol. The van der Waals surface area contributed by atoms with Crippen molar-refractivity contribution in [3.05, 3.63) is 46.3 Å². The van der Waals surface area contributed by atoms with Crippen LogP contribution in [-0.2, 0) is 6.42 Å². The molecule has 17 heavy (non-hydrogen) atoms. The first-order valence-corrected chi connectivity index (χ1v) is 6.25. The van der Waals surface area contributed by atoms with Crippen LogP contribution < -0.4 is 4.74 Å². The van der Waals surface area contributed by atoms with Gasteiger partial charge in [-0.3, -0.25) is 4.98 Å². The molecule has 0 fully saturated rings. The minimum atomic E-state index is 0.569. The lowest BCUT2D eigenvalue weighted by Gasteiger charge is -2.09. The maximum Gasteiger partial charge on any atom is 0.220 e. The van der Waals surface area contributed by atoms with Crippen molar-refractivity contribution in [2.45, 2.75) is 20.3 Å². The van der Waals surface area contributed by atoms with E-state index < -0.39 is 0 Å². The maximum atomic E-state index is 5.73. The molecule has 2 aromatic heterocycles. The molecule has 0 aliphatic rings. The van der Waals surface area contributed by atoms with E-state index >= 15 is 0 Å². The molecule has 4 heteroatoms. The largest absolute Gasteiger partial charge is 0.437 e. The van der Waals surface area contributed by atoms with E-state index in [-0.39, 0.29) is 0 Å². The number of ether oxygens (including phenoxy) is 1. The van der Waals surface area contributed by atoms with Gasteiger partial charge < -0.3 is 4.74 Å². The van der Waals surface area contributed by atoms with Crippen LogP contribution in [0, 0.1) is 6.92 Å². The topological polar surface area (TPSA) is 35.0 Å². The molecule has 2 heterocycles. The van der Waals surface area contributed by atoms with Crippen molar-refractivity contribution in [3.8, 4) is 11.6 Å². The number of aryl methyl sites for hydroxylation is 2. The zero-order chi connectivity index (χ0) is 12.3. The Hall–Kier alpha value is -1.42. The van der Waals surface area contributed by atoms with Crippen molar-refractivity contribution in [3.63, 3.8) is 0 Å². The summed E-state index contributed by atoms with van der Waals surface area (Å²) < 4.78 is 6.49. The zero-order valence-corrected chi connectivity index (χ0v) is 11.4. The third kappa shape index (κ3) is 3.03. The fourth-order valence-electron chi connectivity index (χ4n) is 1.50. The normalized spacial score (nSPS) is 10.3. The number of aromatic nitrogens is 2. The standard InChI is InChI=1S/C13H13BrN2O/c1-3-10-11(8-7-9(2)15-10)17-13-6-4-5-12(14)16-13/h4-8H,3H2,1-2H3. The summed E-state index contributed by atoms with van der Waals surface area (Å²) in [5, 5.41) is 0. The number of rotatable bonds is 3. The van der Waals surface area contributed by atoms with Gasteiger partial charge in [0.05, 0.1) is 5.69 Å². The average molecular weight is 293 g/mol. The van der Waals surface area contributed by atoms with E-state index in [1.54, 1.807) is 0 Å². The van der Waals surface area contributed by atoms with Gasteiger partial charge in [-0.2, -0.15) is 0 Å². The van der Waals surface area contributed by atoms with Crippen molar-refractivity contribution >= 4 is 15.9 Å². The average Bonchev–Trinajstić information content (AvgIpc) is 2.31. The van der Waals surface area contributed by atoms with Gasteiger partial charge in [-0.1, -0.05) is 13.0 Å². The lowest BCUT2D eigenvalue weighted by Crippen LogP contribution is -1.96. The maximum absolute atomic E-state index is 5.73. The van der Waals surface area contributed by atoms with Gasteiger partial charge in [0.1, 0.15) is 4.60 Å². The lowest BCUT2D eigenvalue weighted by atomic mass is 10.2. The zero-order valence-electron chi connectivity index (χ0n) is 9.77. The molecule has 0 radical (unpaired) electrons. The molecule has 0 unspecified atom stereocenters. The summed E-state index contributed by atoms with van der Waals surface area (Å²) in [6.45, 7) is 4.03. The van der Waals surface area contributed by atoms with E-state index in [4.69, 9.17) is 4.74 Å². The highest BCUT2D eigenvalue weighted by Gasteiger charge is 2.06. The third-order valence-corrected chi connectivity index (χ3v) is 2.75. The molecule has 0 bridgehead atoms. The predicted octanol–water partition coefficient (Wildman–Crippen LogP) is 3.90. The Labute approximate surface area is 109 Å². The molecule has 2 aromatic rings. The molecule has 0 spiro atoms. The molecule has 0 atom stereocenters. The monoisotopic (exact) mass is 292 g/mol. The molecule has 0 saturated heterocycles. The Morgan fingerprint density at radius 2 is 2.00 bits per heavy atom. The highest BCUT2D eigenvalue weighted by molar-refractivity contribution is 9.10. The lowest BCUT2D eigenvalue weighted by molar-refractivity contribution is 0.453. The van der Waals surface area contributed by atoms with Gasteiger partial charge in [0.25, 0.3) is 0 Å². The van der Waals surface area contributed by atoms with Crippen LogP contribution in [0.1, 0.15) is 18.3 Å². The SMILES string of the molecule is CCc1nc(C)ccc1Oc1cccc(Br)n1. The van der Waals surface area contributed by atoms with Crippen molar-refractivity contribution in [2.75, 3.05) is 0 Å². The highest BCUT2D eigenvalue weighted by Crippen LogP contribution is 2.24. The van der Waals surface area contributed by atoms with Crippen LogP contribution in [0.2, 0.25) is 0 Å². The summed E-state index contributed by atoms with van der Waals surface area (Å²) >= 11 is 3.32. The van der Waals surface area contributed by atoms with Gasteiger partial charge in [-0.15, -0.1) is 0 Å². The van der Waals surface area contributed by atoms with Crippen LogP contribution in [-0.4, -0.2) is 9.97 Å². The minimum Gasteiger partial charge on any atom is -0.437 e. The van der Waals surface area contributed by atoms with E-state index in [1.165, 1.54) is 0 Å². The Morgan fingerprint density at radius 1 is 1.18 bits per heavy atom. The fourth-order valence-corrected chi connectivity index (χ4v) is 1.83. The van der Waals surface area contributed by atoms with Gasteiger partial charge in [-0.25, -0.2) is 4.98 Å². The molecule has 0 saturated carbocycles. The van der Waals surface area contributed by atoms with Crippen molar-refractivity contribution in [1.29, 1.82) is 0 Å². The second-order valence-electron chi connectivity index (χ2n) is 3.65. The van der Waals surface area contributed by atoms with Crippen molar-refractivity contribution < 1.29 is 4.74 Å².